The number of nitrogens with zero attached hydrogens (tertiary/aromatic N) is 2. The molecule has 2 aromatic heterocycles. The van der Waals surface area contributed by atoms with E-state index in [9.17, 15) is 4.79 Å². The van der Waals surface area contributed by atoms with Crippen LogP contribution < -0.4 is 5.32 Å². The molecule has 0 saturated heterocycles. The monoisotopic (exact) mass is 341 g/mol. The van der Waals surface area contributed by atoms with Crippen LogP contribution in [0.5, 0.6) is 0 Å². The maximum absolute atomic E-state index is 12.3. The zero-order valence-electron chi connectivity index (χ0n) is 14.1. The van der Waals surface area contributed by atoms with Crippen molar-refractivity contribution in [3.63, 3.8) is 0 Å². The highest BCUT2D eigenvalue weighted by atomic mass is 32.1. The molecular formula is C18H19N3O2S. The fourth-order valence-corrected chi connectivity index (χ4v) is 3.31. The first kappa shape index (κ1) is 16.4. The number of carbonyl (C=O) groups is 1. The largest absolute Gasteiger partial charge is 0.444 e. The summed E-state index contributed by atoms with van der Waals surface area (Å²) in [5.74, 6) is 1.05. The van der Waals surface area contributed by atoms with Crippen molar-refractivity contribution in [2.45, 2.75) is 34.2 Å². The molecule has 3 aromatic rings. The number of amides is 1. The average molecular weight is 341 g/mol. The molecule has 24 heavy (non-hydrogen) atoms. The Morgan fingerprint density at radius 2 is 2.00 bits per heavy atom. The summed E-state index contributed by atoms with van der Waals surface area (Å²) in [6, 6.07) is 6.21. The lowest BCUT2D eigenvalue weighted by Gasteiger charge is -2.03. The number of oxazole rings is 1. The standard InChI is InChI=1S/C18H19N3O2S/c1-10-5-6-14(11(2)7-10)18-21-15(9-24-18)17(22)19-8-16-20-12(3)13(4)23-16/h5-7,9H,8H2,1-4H3,(H,19,22). The summed E-state index contributed by atoms with van der Waals surface area (Å²) in [7, 11) is 0. The number of aryl methyl sites for hydroxylation is 4. The molecule has 0 aliphatic carbocycles. The quantitative estimate of drug-likeness (QED) is 0.780. The van der Waals surface area contributed by atoms with Crippen molar-refractivity contribution in [3.8, 4) is 10.6 Å². The van der Waals surface area contributed by atoms with Gasteiger partial charge < -0.3 is 9.73 Å². The van der Waals surface area contributed by atoms with Crippen LogP contribution in [0.25, 0.3) is 10.6 Å². The second kappa shape index (κ2) is 6.57. The summed E-state index contributed by atoms with van der Waals surface area (Å²) < 4.78 is 5.46. The first-order chi connectivity index (χ1) is 11.4. The molecule has 2 heterocycles. The van der Waals surface area contributed by atoms with E-state index in [1.165, 1.54) is 16.9 Å². The highest BCUT2D eigenvalue weighted by Gasteiger charge is 2.14. The molecule has 1 N–H and O–H groups in total. The SMILES string of the molecule is Cc1ccc(-c2nc(C(=O)NCc3nc(C)c(C)o3)cs2)c(C)c1. The van der Waals surface area contributed by atoms with E-state index in [0.717, 1.165) is 27.6 Å². The molecule has 1 aromatic carbocycles. The normalized spacial score (nSPS) is 10.8. The second-order valence-corrected chi connectivity index (χ2v) is 6.65. The predicted octanol–water partition coefficient (Wildman–Crippen LogP) is 3.96. The van der Waals surface area contributed by atoms with Crippen LogP contribution in [0.15, 0.2) is 28.0 Å². The maximum atomic E-state index is 12.3. The minimum Gasteiger partial charge on any atom is -0.444 e. The topological polar surface area (TPSA) is 68.0 Å². The van der Waals surface area contributed by atoms with Gasteiger partial charge in [0, 0.05) is 10.9 Å². The van der Waals surface area contributed by atoms with Crippen molar-refractivity contribution in [3.05, 3.63) is 57.7 Å². The number of hydrogen-bond acceptors (Lipinski definition) is 5. The molecule has 0 aliphatic heterocycles. The highest BCUT2D eigenvalue weighted by Crippen LogP contribution is 2.27. The van der Waals surface area contributed by atoms with Gasteiger partial charge in [-0.3, -0.25) is 4.79 Å². The molecule has 0 spiro atoms. The van der Waals surface area contributed by atoms with Gasteiger partial charge in [-0.2, -0.15) is 0 Å². The Kier molecular flexibility index (Phi) is 4.49. The maximum Gasteiger partial charge on any atom is 0.271 e. The Hall–Kier alpha value is -2.47. The number of carbonyl (C=O) groups excluding carboxylic acids is 1. The van der Waals surface area contributed by atoms with Crippen molar-refractivity contribution in [1.82, 2.24) is 15.3 Å². The fraction of sp³-hybridized carbons (Fsp3) is 0.278. The second-order valence-electron chi connectivity index (χ2n) is 5.79. The average Bonchev–Trinajstić information content (AvgIpc) is 3.13. The first-order valence-corrected chi connectivity index (χ1v) is 8.56. The van der Waals surface area contributed by atoms with Gasteiger partial charge in [-0.15, -0.1) is 11.3 Å². The van der Waals surface area contributed by atoms with Crippen molar-refractivity contribution < 1.29 is 9.21 Å². The number of hydrogen-bond donors (Lipinski definition) is 1. The van der Waals surface area contributed by atoms with Gasteiger partial charge in [0.25, 0.3) is 5.91 Å². The molecular weight excluding hydrogens is 322 g/mol. The minimum absolute atomic E-state index is 0.226. The van der Waals surface area contributed by atoms with E-state index in [0.29, 0.717) is 11.6 Å². The van der Waals surface area contributed by atoms with Crippen LogP contribution in [0, 0.1) is 27.7 Å². The minimum atomic E-state index is -0.226. The summed E-state index contributed by atoms with van der Waals surface area (Å²) in [5.41, 5.74) is 4.67. The third kappa shape index (κ3) is 3.38. The van der Waals surface area contributed by atoms with Crippen molar-refractivity contribution in [2.24, 2.45) is 0 Å². The first-order valence-electron chi connectivity index (χ1n) is 7.68. The van der Waals surface area contributed by atoms with Crippen LogP contribution in [0.3, 0.4) is 0 Å². The number of thiazole rings is 1. The molecule has 6 heteroatoms. The van der Waals surface area contributed by atoms with Crippen molar-refractivity contribution in [2.75, 3.05) is 0 Å². The molecule has 0 atom stereocenters. The third-order valence-electron chi connectivity index (χ3n) is 3.82. The van der Waals surface area contributed by atoms with E-state index in [1.54, 1.807) is 5.38 Å². The Labute approximate surface area is 144 Å². The molecule has 0 saturated carbocycles. The van der Waals surface area contributed by atoms with E-state index in [4.69, 9.17) is 4.42 Å². The summed E-state index contributed by atoms with van der Waals surface area (Å²) in [5, 5.41) is 5.41. The lowest BCUT2D eigenvalue weighted by atomic mass is 10.1. The molecule has 3 rings (SSSR count). The summed E-state index contributed by atoms with van der Waals surface area (Å²) >= 11 is 1.47. The zero-order chi connectivity index (χ0) is 17.3. The van der Waals surface area contributed by atoms with Crippen molar-refractivity contribution in [1.29, 1.82) is 0 Å². The Morgan fingerprint density at radius 1 is 1.21 bits per heavy atom. The summed E-state index contributed by atoms with van der Waals surface area (Å²) in [4.78, 5) is 21.0. The lowest BCUT2D eigenvalue weighted by Crippen LogP contribution is -2.23. The van der Waals surface area contributed by atoms with Crippen LogP contribution in [0.1, 0.15) is 39.0 Å². The molecule has 0 aliphatic rings. The Bertz CT molecular complexity index is 876. The van der Waals surface area contributed by atoms with Crippen LogP contribution >= 0.6 is 11.3 Å². The van der Waals surface area contributed by atoms with E-state index in [2.05, 4.69) is 41.3 Å². The summed E-state index contributed by atoms with van der Waals surface area (Å²) in [6.45, 7) is 8.09. The van der Waals surface area contributed by atoms with Crippen LogP contribution in [0.2, 0.25) is 0 Å². The molecule has 0 radical (unpaired) electrons. The van der Waals surface area contributed by atoms with Gasteiger partial charge in [-0.25, -0.2) is 9.97 Å². The van der Waals surface area contributed by atoms with E-state index in [-0.39, 0.29) is 12.5 Å². The van der Waals surface area contributed by atoms with Crippen LogP contribution in [-0.2, 0) is 6.54 Å². The van der Waals surface area contributed by atoms with Gasteiger partial charge >= 0.3 is 0 Å². The van der Waals surface area contributed by atoms with Crippen LogP contribution in [-0.4, -0.2) is 15.9 Å². The van der Waals surface area contributed by atoms with Gasteiger partial charge in [0.15, 0.2) is 0 Å². The molecule has 124 valence electrons. The van der Waals surface area contributed by atoms with Crippen LogP contribution in [0.4, 0.5) is 0 Å². The van der Waals surface area contributed by atoms with Gasteiger partial charge in [0.2, 0.25) is 5.89 Å². The van der Waals surface area contributed by atoms with Gasteiger partial charge in [0.05, 0.1) is 12.2 Å². The molecule has 1 amide bonds. The number of nitrogens with one attached hydrogen (secondary N) is 1. The van der Waals surface area contributed by atoms with E-state index < -0.39 is 0 Å². The number of aromatic nitrogens is 2. The van der Waals surface area contributed by atoms with Gasteiger partial charge in [-0.05, 0) is 33.3 Å². The van der Waals surface area contributed by atoms with Gasteiger partial charge in [-0.1, -0.05) is 23.8 Å². The van der Waals surface area contributed by atoms with Crippen molar-refractivity contribution >= 4 is 17.2 Å². The highest BCUT2D eigenvalue weighted by molar-refractivity contribution is 7.13. The summed E-state index contributed by atoms with van der Waals surface area (Å²) in [6.07, 6.45) is 0. The number of benzene rings is 1. The molecule has 0 fully saturated rings. The Morgan fingerprint density at radius 3 is 2.67 bits per heavy atom. The van der Waals surface area contributed by atoms with E-state index in [1.807, 2.05) is 19.9 Å². The number of rotatable bonds is 4. The lowest BCUT2D eigenvalue weighted by molar-refractivity contribution is 0.0943. The molecule has 0 bridgehead atoms. The Balaban J connectivity index is 1.71. The zero-order valence-corrected chi connectivity index (χ0v) is 15.0. The smallest absolute Gasteiger partial charge is 0.271 e. The predicted molar refractivity (Wildman–Crippen MR) is 94.2 cm³/mol. The molecule has 5 nitrogen and oxygen atoms in total. The van der Waals surface area contributed by atoms with E-state index >= 15 is 0 Å². The third-order valence-corrected chi connectivity index (χ3v) is 4.70. The fourth-order valence-electron chi connectivity index (χ4n) is 2.42. The molecule has 0 unspecified atom stereocenters. The van der Waals surface area contributed by atoms with Gasteiger partial charge in [0.1, 0.15) is 16.5 Å².